The summed E-state index contributed by atoms with van der Waals surface area (Å²) in [6.07, 6.45) is 4.66. The Morgan fingerprint density at radius 2 is 2.11 bits per heavy atom. The van der Waals surface area contributed by atoms with Crippen LogP contribution in [0.3, 0.4) is 0 Å². The molecule has 1 saturated heterocycles. The zero-order valence-electron chi connectivity index (χ0n) is 11.3. The van der Waals surface area contributed by atoms with Crippen LogP contribution in [0.1, 0.15) is 48.5 Å². The summed E-state index contributed by atoms with van der Waals surface area (Å²) in [6.45, 7) is 4.93. The van der Waals surface area contributed by atoms with Gasteiger partial charge in [0.1, 0.15) is 0 Å². The number of likely N-dealkylation sites (tertiary alicyclic amines) is 1. The minimum atomic E-state index is 0.134. The maximum atomic E-state index is 12.6. The van der Waals surface area contributed by atoms with Crippen LogP contribution in [0.15, 0.2) is 18.2 Å². The van der Waals surface area contributed by atoms with E-state index < -0.39 is 0 Å². The van der Waals surface area contributed by atoms with Crippen LogP contribution in [0, 0.1) is 6.92 Å². The van der Waals surface area contributed by atoms with Crippen molar-refractivity contribution in [2.75, 3.05) is 12.3 Å². The summed E-state index contributed by atoms with van der Waals surface area (Å²) < 4.78 is 0. The molecule has 0 aromatic heterocycles. The van der Waals surface area contributed by atoms with Crippen LogP contribution >= 0.6 is 0 Å². The van der Waals surface area contributed by atoms with Crippen molar-refractivity contribution in [3.8, 4) is 0 Å². The van der Waals surface area contributed by atoms with Gasteiger partial charge in [-0.2, -0.15) is 0 Å². The fourth-order valence-electron chi connectivity index (χ4n) is 2.62. The molecule has 2 N–H and O–H groups in total. The summed E-state index contributed by atoms with van der Waals surface area (Å²) in [4.78, 5) is 14.6. The van der Waals surface area contributed by atoms with Gasteiger partial charge in [-0.1, -0.05) is 18.9 Å². The number of hydrogen-bond acceptors (Lipinski definition) is 2. The molecular formula is C15H22N2O. The van der Waals surface area contributed by atoms with E-state index in [4.69, 9.17) is 5.73 Å². The first-order chi connectivity index (χ1) is 8.61. The third-order valence-corrected chi connectivity index (χ3v) is 3.92. The van der Waals surface area contributed by atoms with Gasteiger partial charge in [-0.15, -0.1) is 0 Å². The fraction of sp³-hybridized carbons (Fsp3) is 0.533. The zero-order valence-corrected chi connectivity index (χ0v) is 11.3. The molecule has 1 unspecified atom stereocenters. The molecule has 1 fully saturated rings. The van der Waals surface area contributed by atoms with Crippen LogP contribution in [-0.4, -0.2) is 23.4 Å². The Bertz CT molecular complexity index is 442. The van der Waals surface area contributed by atoms with Gasteiger partial charge in [-0.25, -0.2) is 0 Å². The minimum Gasteiger partial charge on any atom is -0.398 e. The van der Waals surface area contributed by atoms with Crippen molar-refractivity contribution in [2.45, 2.75) is 45.6 Å². The lowest BCUT2D eigenvalue weighted by Crippen LogP contribution is -2.38. The van der Waals surface area contributed by atoms with Gasteiger partial charge in [0.15, 0.2) is 0 Å². The number of carbonyl (C=O) groups excluding carboxylic acids is 1. The van der Waals surface area contributed by atoms with Gasteiger partial charge in [0.2, 0.25) is 0 Å². The fourth-order valence-corrected chi connectivity index (χ4v) is 2.62. The predicted molar refractivity (Wildman–Crippen MR) is 74.6 cm³/mol. The first kappa shape index (κ1) is 12.9. The van der Waals surface area contributed by atoms with Crippen LogP contribution in [0.4, 0.5) is 5.69 Å². The maximum absolute atomic E-state index is 12.6. The summed E-state index contributed by atoms with van der Waals surface area (Å²) in [5.41, 5.74) is 8.24. The Hall–Kier alpha value is -1.51. The first-order valence-corrected chi connectivity index (χ1v) is 6.77. The molecule has 0 bridgehead atoms. The van der Waals surface area contributed by atoms with Gasteiger partial charge in [0.25, 0.3) is 5.91 Å². The van der Waals surface area contributed by atoms with Crippen LogP contribution < -0.4 is 5.73 Å². The highest BCUT2D eigenvalue weighted by Gasteiger charge is 2.24. The van der Waals surface area contributed by atoms with Gasteiger partial charge in [-0.05, 0) is 44.4 Å². The number of anilines is 1. The lowest BCUT2D eigenvalue weighted by Gasteiger charge is -2.28. The maximum Gasteiger partial charge on any atom is 0.254 e. The van der Waals surface area contributed by atoms with Crippen LogP contribution in [0.5, 0.6) is 0 Å². The van der Waals surface area contributed by atoms with E-state index >= 15 is 0 Å². The van der Waals surface area contributed by atoms with Crippen molar-refractivity contribution in [3.05, 3.63) is 29.3 Å². The summed E-state index contributed by atoms with van der Waals surface area (Å²) in [6, 6.07) is 5.92. The molecule has 1 aliphatic heterocycles. The van der Waals surface area contributed by atoms with Gasteiger partial charge < -0.3 is 10.6 Å². The van der Waals surface area contributed by atoms with Gasteiger partial charge >= 0.3 is 0 Å². The molecule has 3 heteroatoms. The topological polar surface area (TPSA) is 46.3 Å². The van der Waals surface area contributed by atoms with Gasteiger partial charge in [0, 0.05) is 23.8 Å². The SMILES string of the molecule is Cc1c(N)cccc1C(=O)N1CCCCCC1C. The van der Waals surface area contributed by atoms with Crippen LogP contribution in [-0.2, 0) is 0 Å². The van der Waals surface area contributed by atoms with Crippen LogP contribution in [0.2, 0.25) is 0 Å². The molecule has 0 radical (unpaired) electrons. The van der Waals surface area contributed by atoms with Crippen LogP contribution in [0.25, 0.3) is 0 Å². The minimum absolute atomic E-state index is 0.134. The Labute approximate surface area is 109 Å². The molecule has 1 amide bonds. The highest BCUT2D eigenvalue weighted by atomic mass is 16.2. The van der Waals surface area contributed by atoms with E-state index in [0.29, 0.717) is 11.7 Å². The summed E-state index contributed by atoms with van der Waals surface area (Å²) in [5, 5.41) is 0. The Kier molecular flexibility index (Phi) is 3.90. The highest BCUT2D eigenvalue weighted by molar-refractivity contribution is 5.97. The molecule has 1 aromatic carbocycles. The Balaban J connectivity index is 2.26. The molecule has 1 heterocycles. The van der Waals surface area contributed by atoms with Gasteiger partial charge in [-0.3, -0.25) is 4.79 Å². The largest absolute Gasteiger partial charge is 0.398 e. The van der Waals surface area contributed by atoms with E-state index in [-0.39, 0.29) is 5.91 Å². The molecule has 3 nitrogen and oxygen atoms in total. The lowest BCUT2D eigenvalue weighted by atomic mass is 10.0. The molecule has 0 aliphatic carbocycles. The number of nitrogen functional groups attached to an aromatic ring is 1. The van der Waals surface area contributed by atoms with Crippen molar-refractivity contribution in [3.63, 3.8) is 0 Å². The van der Waals surface area contributed by atoms with E-state index in [1.165, 1.54) is 12.8 Å². The van der Waals surface area contributed by atoms with E-state index in [1.54, 1.807) is 0 Å². The number of nitrogens with zero attached hydrogens (tertiary/aromatic N) is 1. The molecule has 0 spiro atoms. The summed E-state index contributed by atoms with van der Waals surface area (Å²) in [7, 11) is 0. The summed E-state index contributed by atoms with van der Waals surface area (Å²) >= 11 is 0. The average molecular weight is 246 g/mol. The van der Waals surface area contributed by atoms with Gasteiger partial charge in [0.05, 0.1) is 0 Å². The molecule has 18 heavy (non-hydrogen) atoms. The number of hydrogen-bond donors (Lipinski definition) is 1. The van der Waals surface area contributed by atoms with Crippen molar-refractivity contribution in [2.24, 2.45) is 0 Å². The Morgan fingerprint density at radius 1 is 1.33 bits per heavy atom. The van der Waals surface area contributed by atoms with E-state index in [1.807, 2.05) is 30.0 Å². The number of rotatable bonds is 1. The number of carbonyl (C=O) groups is 1. The standard InChI is InChI=1S/C15H22N2O/c1-11-7-4-3-5-10-17(11)15(18)13-8-6-9-14(16)12(13)2/h6,8-9,11H,3-5,7,10,16H2,1-2H3. The zero-order chi connectivity index (χ0) is 13.1. The van der Waals surface area contributed by atoms with Crippen molar-refractivity contribution >= 4 is 11.6 Å². The molecule has 1 aromatic rings. The number of benzene rings is 1. The van der Waals surface area contributed by atoms with Crippen molar-refractivity contribution in [1.29, 1.82) is 0 Å². The quantitative estimate of drug-likeness (QED) is 0.774. The first-order valence-electron chi connectivity index (χ1n) is 6.77. The highest BCUT2D eigenvalue weighted by Crippen LogP contribution is 2.22. The number of amides is 1. The Morgan fingerprint density at radius 3 is 2.89 bits per heavy atom. The predicted octanol–water partition coefficient (Wildman–Crippen LogP) is 2.98. The summed E-state index contributed by atoms with van der Waals surface area (Å²) in [5.74, 6) is 0.134. The second-order valence-electron chi connectivity index (χ2n) is 5.22. The monoisotopic (exact) mass is 246 g/mol. The lowest BCUT2D eigenvalue weighted by molar-refractivity contribution is 0.0697. The third kappa shape index (κ3) is 2.50. The smallest absolute Gasteiger partial charge is 0.254 e. The third-order valence-electron chi connectivity index (χ3n) is 3.92. The second-order valence-corrected chi connectivity index (χ2v) is 5.22. The number of nitrogens with two attached hydrogens (primary N) is 1. The molecule has 98 valence electrons. The average Bonchev–Trinajstić information content (AvgIpc) is 2.57. The second kappa shape index (κ2) is 5.42. The molecule has 0 saturated carbocycles. The molecule has 1 aliphatic rings. The van der Waals surface area contributed by atoms with E-state index in [2.05, 4.69) is 6.92 Å². The van der Waals surface area contributed by atoms with E-state index in [9.17, 15) is 4.79 Å². The van der Waals surface area contributed by atoms with Crippen molar-refractivity contribution < 1.29 is 4.79 Å². The molecular weight excluding hydrogens is 224 g/mol. The van der Waals surface area contributed by atoms with E-state index in [0.717, 1.165) is 30.5 Å². The molecule has 2 rings (SSSR count). The normalized spacial score (nSPS) is 20.6. The van der Waals surface area contributed by atoms with Crippen molar-refractivity contribution in [1.82, 2.24) is 4.90 Å². The molecule has 1 atom stereocenters.